The molecule has 0 radical (unpaired) electrons. The van der Waals surface area contributed by atoms with Crippen LogP contribution in [0.25, 0.3) is 21.7 Å². The van der Waals surface area contributed by atoms with Crippen LogP contribution in [-0.4, -0.2) is 5.91 Å². The number of fused-ring (bicyclic) bond motifs is 3. The normalized spacial score (nSPS) is 10.6. The van der Waals surface area contributed by atoms with Crippen molar-refractivity contribution in [2.45, 2.75) is 0 Å². The largest absolute Gasteiger partial charge is 0.422 e. The molecule has 26 heavy (non-hydrogen) atoms. The smallest absolute Gasteiger partial charge is 0.349 e. The first-order valence-corrected chi connectivity index (χ1v) is 7.93. The summed E-state index contributed by atoms with van der Waals surface area (Å²) in [5.74, 6) is -0.580. The van der Waals surface area contributed by atoms with Gasteiger partial charge in [-0.25, -0.2) is 4.79 Å². The van der Waals surface area contributed by atoms with E-state index in [4.69, 9.17) is 9.68 Å². The van der Waals surface area contributed by atoms with Gasteiger partial charge in [0, 0.05) is 11.1 Å². The molecule has 0 aliphatic carbocycles. The van der Waals surface area contributed by atoms with Crippen molar-refractivity contribution in [2.24, 2.45) is 0 Å². The van der Waals surface area contributed by atoms with Crippen molar-refractivity contribution in [3.8, 4) is 6.07 Å². The monoisotopic (exact) mass is 340 g/mol. The van der Waals surface area contributed by atoms with Gasteiger partial charge in [-0.05, 0) is 41.1 Å². The zero-order chi connectivity index (χ0) is 18.1. The highest BCUT2D eigenvalue weighted by Crippen LogP contribution is 2.25. The van der Waals surface area contributed by atoms with Gasteiger partial charge in [-0.2, -0.15) is 5.26 Å². The topological polar surface area (TPSA) is 83.1 Å². The molecule has 0 aliphatic rings. The van der Waals surface area contributed by atoms with E-state index in [2.05, 4.69) is 5.32 Å². The Morgan fingerprint density at radius 2 is 1.81 bits per heavy atom. The standard InChI is InChI=1S/C21H12N2O3/c22-12-13-4-3-6-15(10-13)23-20(24)18-11-17-16-7-2-1-5-14(16)8-9-19(17)26-21(18)25/h1-11H,(H,23,24). The fraction of sp³-hybridized carbons (Fsp3) is 0. The summed E-state index contributed by atoms with van der Waals surface area (Å²) >= 11 is 0. The van der Waals surface area contributed by atoms with Crippen LogP contribution in [0.3, 0.4) is 0 Å². The molecule has 1 N–H and O–H groups in total. The van der Waals surface area contributed by atoms with Crippen LogP contribution in [0.2, 0.25) is 0 Å². The summed E-state index contributed by atoms with van der Waals surface area (Å²) in [6.45, 7) is 0. The van der Waals surface area contributed by atoms with E-state index in [0.29, 0.717) is 22.2 Å². The van der Waals surface area contributed by atoms with E-state index in [1.807, 2.05) is 36.4 Å². The third-order valence-corrected chi connectivity index (χ3v) is 4.14. The minimum atomic E-state index is -0.707. The Bertz CT molecular complexity index is 1270. The van der Waals surface area contributed by atoms with Crippen molar-refractivity contribution in [3.63, 3.8) is 0 Å². The molecule has 0 atom stereocenters. The number of nitrogens with one attached hydrogen (secondary N) is 1. The average Bonchev–Trinajstić information content (AvgIpc) is 2.67. The number of carbonyl (C=O) groups is 1. The van der Waals surface area contributed by atoms with Crippen molar-refractivity contribution in [1.29, 1.82) is 5.26 Å². The minimum Gasteiger partial charge on any atom is -0.422 e. The molecular formula is C21H12N2O3. The van der Waals surface area contributed by atoms with Crippen LogP contribution >= 0.6 is 0 Å². The third-order valence-electron chi connectivity index (χ3n) is 4.14. The highest BCUT2D eigenvalue weighted by atomic mass is 16.4. The first-order valence-electron chi connectivity index (χ1n) is 7.93. The van der Waals surface area contributed by atoms with Gasteiger partial charge in [0.25, 0.3) is 5.91 Å². The second-order valence-corrected chi connectivity index (χ2v) is 5.79. The van der Waals surface area contributed by atoms with Crippen LogP contribution in [0.4, 0.5) is 5.69 Å². The van der Waals surface area contributed by atoms with Crippen LogP contribution < -0.4 is 10.9 Å². The summed E-state index contributed by atoms with van der Waals surface area (Å²) in [5, 5.41) is 14.2. The van der Waals surface area contributed by atoms with E-state index < -0.39 is 11.5 Å². The fourth-order valence-corrected chi connectivity index (χ4v) is 2.89. The predicted octanol–water partition coefficient (Wildman–Crippen LogP) is 4.07. The summed E-state index contributed by atoms with van der Waals surface area (Å²) in [4.78, 5) is 24.8. The van der Waals surface area contributed by atoms with E-state index >= 15 is 0 Å². The maximum Gasteiger partial charge on any atom is 0.349 e. The highest BCUT2D eigenvalue weighted by Gasteiger charge is 2.15. The molecule has 5 nitrogen and oxygen atoms in total. The lowest BCUT2D eigenvalue weighted by atomic mass is 10.0. The van der Waals surface area contributed by atoms with Gasteiger partial charge in [-0.1, -0.05) is 36.4 Å². The maximum absolute atomic E-state index is 12.6. The Hall–Kier alpha value is -3.91. The molecule has 0 bridgehead atoms. The van der Waals surface area contributed by atoms with Gasteiger partial charge in [-0.15, -0.1) is 0 Å². The second-order valence-electron chi connectivity index (χ2n) is 5.79. The summed E-state index contributed by atoms with van der Waals surface area (Å²) in [6, 6.07) is 21.3. The van der Waals surface area contributed by atoms with Crippen molar-refractivity contribution in [1.82, 2.24) is 0 Å². The Kier molecular flexibility index (Phi) is 3.71. The van der Waals surface area contributed by atoms with Crippen molar-refractivity contribution >= 4 is 33.3 Å². The summed E-state index contributed by atoms with van der Waals surface area (Å²) in [7, 11) is 0. The quantitative estimate of drug-likeness (QED) is 0.440. The molecule has 0 saturated heterocycles. The number of carbonyl (C=O) groups excluding carboxylic acids is 1. The van der Waals surface area contributed by atoms with E-state index in [1.165, 1.54) is 6.07 Å². The molecule has 4 rings (SSSR count). The van der Waals surface area contributed by atoms with Gasteiger partial charge < -0.3 is 9.73 Å². The molecule has 0 fully saturated rings. The molecule has 5 heteroatoms. The summed E-state index contributed by atoms with van der Waals surface area (Å²) < 4.78 is 5.34. The Morgan fingerprint density at radius 3 is 2.65 bits per heavy atom. The van der Waals surface area contributed by atoms with Crippen LogP contribution in [0.1, 0.15) is 15.9 Å². The van der Waals surface area contributed by atoms with Crippen molar-refractivity contribution in [2.75, 3.05) is 5.32 Å². The molecule has 1 amide bonds. The molecule has 0 unspecified atom stereocenters. The predicted molar refractivity (Wildman–Crippen MR) is 99.1 cm³/mol. The van der Waals surface area contributed by atoms with E-state index in [0.717, 1.165) is 10.8 Å². The number of anilines is 1. The molecule has 0 aliphatic heterocycles. The lowest BCUT2D eigenvalue weighted by molar-refractivity contribution is 0.102. The van der Waals surface area contributed by atoms with Gasteiger partial charge in [-0.3, -0.25) is 4.79 Å². The highest BCUT2D eigenvalue weighted by molar-refractivity contribution is 6.10. The Labute approximate surface area is 148 Å². The fourth-order valence-electron chi connectivity index (χ4n) is 2.89. The number of hydrogen-bond donors (Lipinski definition) is 1. The lowest BCUT2D eigenvalue weighted by Gasteiger charge is -2.07. The number of rotatable bonds is 2. The Morgan fingerprint density at radius 1 is 0.962 bits per heavy atom. The van der Waals surface area contributed by atoms with Gasteiger partial charge in [0.1, 0.15) is 11.1 Å². The third kappa shape index (κ3) is 2.70. The van der Waals surface area contributed by atoms with E-state index in [9.17, 15) is 9.59 Å². The molecule has 1 heterocycles. The lowest BCUT2D eigenvalue weighted by Crippen LogP contribution is -2.20. The molecule has 124 valence electrons. The number of nitrogens with zero attached hydrogens (tertiary/aromatic N) is 1. The van der Waals surface area contributed by atoms with Crippen molar-refractivity contribution in [3.05, 3.63) is 88.3 Å². The van der Waals surface area contributed by atoms with Gasteiger partial charge in [0.15, 0.2) is 0 Å². The molecule has 0 saturated carbocycles. The second kappa shape index (κ2) is 6.19. The van der Waals surface area contributed by atoms with Gasteiger partial charge in [0.2, 0.25) is 0 Å². The van der Waals surface area contributed by atoms with Gasteiger partial charge >= 0.3 is 5.63 Å². The maximum atomic E-state index is 12.6. The molecule has 3 aromatic carbocycles. The molecule has 0 spiro atoms. The Balaban J connectivity index is 1.81. The number of nitriles is 1. The molecule has 4 aromatic rings. The number of amides is 1. The molecule has 1 aromatic heterocycles. The average molecular weight is 340 g/mol. The number of hydrogen-bond acceptors (Lipinski definition) is 4. The number of benzene rings is 3. The van der Waals surface area contributed by atoms with Crippen LogP contribution in [0, 0.1) is 11.3 Å². The SMILES string of the molecule is N#Cc1cccc(NC(=O)c2cc3c(ccc4ccccc43)oc2=O)c1. The minimum absolute atomic E-state index is 0.0868. The van der Waals surface area contributed by atoms with Crippen LogP contribution in [-0.2, 0) is 0 Å². The zero-order valence-electron chi connectivity index (χ0n) is 13.5. The summed E-state index contributed by atoms with van der Waals surface area (Å²) in [5.41, 5.74) is 0.487. The molecular weight excluding hydrogens is 328 g/mol. The van der Waals surface area contributed by atoms with Gasteiger partial charge in [0.05, 0.1) is 11.6 Å². The first-order chi connectivity index (χ1) is 12.7. The van der Waals surface area contributed by atoms with E-state index in [1.54, 1.807) is 30.3 Å². The summed E-state index contributed by atoms with van der Waals surface area (Å²) in [6.07, 6.45) is 0. The van der Waals surface area contributed by atoms with Crippen LogP contribution in [0.5, 0.6) is 0 Å². The van der Waals surface area contributed by atoms with Crippen molar-refractivity contribution < 1.29 is 9.21 Å². The first kappa shape index (κ1) is 15.6. The zero-order valence-corrected chi connectivity index (χ0v) is 13.5. The van der Waals surface area contributed by atoms with E-state index in [-0.39, 0.29) is 5.56 Å². The van der Waals surface area contributed by atoms with Crippen LogP contribution in [0.15, 0.2) is 75.9 Å².